The molecule has 0 saturated carbocycles. The number of nitrogens with one attached hydrogen (secondary N) is 3. The molecule has 27 heavy (non-hydrogen) atoms. The predicted molar refractivity (Wildman–Crippen MR) is 110 cm³/mol. The maximum absolute atomic E-state index is 8.08. The molecular weight excluding hydrogens is 382 g/mol. The van der Waals surface area contributed by atoms with E-state index in [9.17, 15) is 0 Å². The number of aromatic nitrogens is 4. The maximum atomic E-state index is 8.08. The summed E-state index contributed by atoms with van der Waals surface area (Å²) in [5, 5.41) is 25.2. The summed E-state index contributed by atoms with van der Waals surface area (Å²) in [6.45, 7) is 2.80. The summed E-state index contributed by atoms with van der Waals surface area (Å²) < 4.78 is 0. The highest BCUT2D eigenvalue weighted by Gasteiger charge is 2.25. The summed E-state index contributed by atoms with van der Waals surface area (Å²) in [5.41, 5.74) is 7.62. The smallest absolute Gasteiger partial charge is 0.205 e. The lowest BCUT2D eigenvalue weighted by molar-refractivity contribution is 0.304. The van der Waals surface area contributed by atoms with Gasteiger partial charge in [-0.1, -0.05) is 67.2 Å². The van der Waals surface area contributed by atoms with Crippen LogP contribution in [0.2, 0.25) is 0 Å². The third-order valence-corrected chi connectivity index (χ3v) is 5.46. The van der Waals surface area contributed by atoms with Crippen LogP contribution in [0.5, 0.6) is 0 Å². The van der Waals surface area contributed by atoms with Crippen LogP contribution in [0.4, 0.5) is 0 Å². The van der Waals surface area contributed by atoms with Crippen LogP contribution < -0.4 is 5.43 Å². The Hall–Kier alpha value is -2.42. The maximum Gasteiger partial charge on any atom is 0.205 e. The zero-order valence-electron chi connectivity index (χ0n) is 14.7. The van der Waals surface area contributed by atoms with E-state index in [-0.39, 0.29) is 12.4 Å². The molecule has 0 radical (unpaired) electrons. The van der Waals surface area contributed by atoms with E-state index in [0.29, 0.717) is 22.9 Å². The fraction of sp³-hybridized carbons (Fsp3) is 0.222. The van der Waals surface area contributed by atoms with E-state index < -0.39 is 0 Å². The first kappa shape index (κ1) is 19.3. The highest BCUT2D eigenvalue weighted by atomic mass is 35.5. The summed E-state index contributed by atoms with van der Waals surface area (Å²) >= 11 is 1.57. The Bertz CT molecular complexity index is 898. The molecule has 0 aliphatic carbocycles. The predicted octanol–water partition coefficient (Wildman–Crippen LogP) is 3.68. The van der Waals surface area contributed by atoms with Crippen LogP contribution in [0.25, 0.3) is 22.5 Å². The van der Waals surface area contributed by atoms with E-state index >= 15 is 0 Å². The minimum atomic E-state index is 0. The molecule has 1 saturated heterocycles. The molecule has 0 bridgehead atoms. The first-order valence-corrected chi connectivity index (χ1v) is 9.33. The number of amidine groups is 1. The van der Waals surface area contributed by atoms with Crippen molar-refractivity contribution in [1.82, 2.24) is 31.1 Å². The van der Waals surface area contributed by atoms with Gasteiger partial charge in [0.1, 0.15) is 0 Å². The SMILES string of the molecule is CCC1NN(Cc2ccc(-c3ccccc3-c3nn[nH]n3)cc2)C(=N)S1.Cl. The lowest BCUT2D eigenvalue weighted by Crippen LogP contribution is -2.36. The van der Waals surface area contributed by atoms with E-state index in [4.69, 9.17) is 5.41 Å². The molecule has 4 rings (SSSR count). The van der Waals surface area contributed by atoms with Crippen LogP contribution >= 0.6 is 24.2 Å². The van der Waals surface area contributed by atoms with Crippen LogP contribution in [-0.2, 0) is 6.54 Å². The van der Waals surface area contributed by atoms with Gasteiger partial charge in [-0.15, -0.1) is 22.6 Å². The third-order valence-electron chi connectivity index (χ3n) is 4.29. The average Bonchev–Trinajstić information content (AvgIpc) is 3.33. The second kappa shape index (κ2) is 8.51. The first-order valence-electron chi connectivity index (χ1n) is 8.45. The molecule has 0 spiro atoms. The number of tetrazole rings is 1. The topological polar surface area (TPSA) is 93.6 Å². The number of H-pyrrole nitrogens is 1. The van der Waals surface area contributed by atoms with Crippen LogP contribution in [-0.4, -0.2) is 36.2 Å². The number of aromatic amines is 1. The van der Waals surface area contributed by atoms with Crippen LogP contribution in [0, 0.1) is 5.41 Å². The number of hydrogen-bond acceptors (Lipinski definition) is 6. The van der Waals surface area contributed by atoms with Crippen molar-refractivity contribution in [2.75, 3.05) is 0 Å². The molecule has 7 nitrogen and oxygen atoms in total. The van der Waals surface area contributed by atoms with Crippen molar-refractivity contribution >= 4 is 29.3 Å². The zero-order chi connectivity index (χ0) is 17.9. The summed E-state index contributed by atoms with van der Waals surface area (Å²) in [5.74, 6) is 0.585. The van der Waals surface area contributed by atoms with Gasteiger partial charge in [0.2, 0.25) is 5.82 Å². The number of thioether (sulfide) groups is 1. The lowest BCUT2D eigenvalue weighted by Gasteiger charge is -2.18. The Morgan fingerprint density at radius 2 is 1.85 bits per heavy atom. The molecule has 3 aromatic rings. The van der Waals surface area contributed by atoms with E-state index in [0.717, 1.165) is 28.7 Å². The second-order valence-electron chi connectivity index (χ2n) is 6.01. The van der Waals surface area contributed by atoms with Crippen molar-refractivity contribution in [3.63, 3.8) is 0 Å². The van der Waals surface area contributed by atoms with Gasteiger partial charge in [-0.3, -0.25) is 10.4 Å². The molecule has 2 aromatic carbocycles. The molecular formula is C18H20ClN7S. The van der Waals surface area contributed by atoms with Gasteiger partial charge in [-0.05, 0) is 28.3 Å². The van der Waals surface area contributed by atoms with E-state index in [1.54, 1.807) is 11.8 Å². The monoisotopic (exact) mass is 401 g/mol. The normalized spacial score (nSPS) is 16.4. The molecule has 1 aliphatic heterocycles. The van der Waals surface area contributed by atoms with Crippen molar-refractivity contribution in [2.45, 2.75) is 25.3 Å². The summed E-state index contributed by atoms with van der Waals surface area (Å²) in [6.07, 6.45) is 0.995. The zero-order valence-corrected chi connectivity index (χ0v) is 16.3. The van der Waals surface area contributed by atoms with Gasteiger partial charge in [0.15, 0.2) is 5.17 Å². The number of nitrogens with zero attached hydrogens (tertiary/aromatic N) is 4. The van der Waals surface area contributed by atoms with Gasteiger partial charge in [0.25, 0.3) is 0 Å². The molecule has 0 amide bonds. The number of halogens is 1. The Kier molecular flexibility index (Phi) is 6.10. The standard InChI is InChI=1S/C18H19N7S.ClH/c1-2-16-22-25(18(19)26-16)11-12-7-9-13(10-8-12)14-5-3-4-6-15(14)17-20-23-24-21-17;/h3-10,16,19,22H,2,11H2,1H3,(H,20,21,23,24);1H. The first-order chi connectivity index (χ1) is 12.7. The Balaban J connectivity index is 0.00000210. The highest BCUT2D eigenvalue weighted by Crippen LogP contribution is 2.30. The molecule has 1 atom stereocenters. The highest BCUT2D eigenvalue weighted by molar-refractivity contribution is 8.14. The fourth-order valence-corrected chi connectivity index (χ4v) is 3.79. The molecule has 140 valence electrons. The average molecular weight is 402 g/mol. The number of rotatable bonds is 5. The van der Waals surface area contributed by atoms with Gasteiger partial charge < -0.3 is 0 Å². The molecule has 2 heterocycles. The van der Waals surface area contributed by atoms with Gasteiger partial charge in [-0.2, -0.15) is 5.21 Å². The Morgan fingerprint density at radius 3 is 2.48 bits per heavy atom. The Labute approximate surface area is 167 Å². The van der Waals surface area contributed by atoms with Gasteiger partial charge in [-0.25, -0.2) is 5.43 Å². The van der Waals surface area contributed by atoms with Crippen molar-refractivity contribution in [2.24, 2.45) is 0 Å². The van der Waals surface area contributed by atoms with Crippen molar-refractivity contribution in [3.05, 3.63) is 54.1 Å². The number of hydrogen-bond donors (Lipinski definition) is 3. The van der Waals surface area contributed by atoms with Crippen molar-refractivity contribution < 1.29 is 0 Å². The van der Waals surface area contributed by atoms with Crippen LogP contribution in [0.15, 0.2) is 48.5 Å². The number of benzene rings is 2. The van der Waals surface area contributed by atoms with Crippen molar-refractivity contribution in [3.8, 4) is 22.5 Å². The Morgan fingerprint density at radius 1 is 1.11 bits per heavy atom. The molecule has 9 heteroatoms. The van der Waals surface area contributed by atoms with Crippen LogP contribution in [0.3, 0.4) is 0 Å². The number of hydrazine groups is 1. The minimum Gasteiger partial charge on any atom is -0.282 e. The van der Waals surface area contributed by atoms with E-state index in [1.807, 2.05) is 23.2 Å². The third kappa shape index (κ3) is 4.13. The minimum absolute atomic E-state index is 0. The van der Waals surface area contributed by atoms with Crippen molar-refractivity contribution in [1.29, 1.82) is 5.41 Å². The van der Waals surface area contributed by atoms with Gasteiger partial charge >= 0.3 is 0 Å². The summed E-state index contributed by atoms with van der Waals surface area (Å²) in [4.78, 5) is 0. The molecule has 3 N–H and O–H groups in total. The van der Waals surface area contributed by atoms with Crippen LogP contribution in [0.1, 0.15) is 18.9 Å². The molecule has 1 aliphatic rings. The summed E-state index contributed by atoms with van der Waals surface area (Å²) in [6, 6.07) is 16.4. The largest absolute Gasteiger partial charge is 0.282 e. The quantitative estimate of drug-likeness (QED) is 0.603. The fourth-order valence-electron chi connectivity index (χ4n) is 2.93. The van der Waals surface area contributed by atoms with E-state index in [2.05, 4.69) is 63.3 Å². The van der Waals surface area contributed by atoms with Gasteiger partial charge in [0, 0.05) is 5.56 Å². The molecule has 1 unspecified atom stereocenters. The molecule has 1 aromatic heterocycles. The molecule has 1 fully saturated rings. The summed E-state index contributed by atoms with van der Waals surface area (Å²) in [7, 11) is 0. The lowest BCUT2D eigenvalue weighted by atomic mass is 9.98. The van der Waals surface area contributed by atoms with Gasteiger partial charge in [0.05, 0.1) is 11.9 Å². The van der Waals surface area contributed by atoms with E-state index in [1.165, 1.54) is 0 Å². The second-order valence-corrected chi connectivity index (χ2v) is 7.20.